The van der Waals surface area contributed by atoms with Crippen molar-refractivity contribution in [1.82, 2.24) is 0 Å². The smallest absolute Gasteiger partial charge is 0.339 e. The summed E-state index contributed by atoms with van der Waals surface area (Å²) in [5.74, 6) is -2.58. The fourth-order valence-corrected chi connectivity index (χ4v) is 8.03. The normalized spacial score (nSPS) is 17.4. The first-order valence-corrected chi connectivity index (χ1v) is 13.8. The van der Waals surface area contributed by atoms with Gasteiger partial charge in [-0.15, -0.1) is 0 Å². The molecular weight excluding hydrogens is 504 g/mol. The minimum Gasteiger partial charge on any atom is -0.465 e. The van der Waals surface area contributed by atoms with Gasteiger partial charge in [0, 0.05) is 12.0 Å². The molecule has 2 aromatic carbocycles. The highest BCUT2D eigenvalue weighted by molar-refractivity contribution is 7.95. The van der Waals surface area contributed by atoms with E-state index in [4.69, 9.17) is 11.6 Å². The van der Waals surface area contributed by atoms with E-state index < -0.39 is 47.7 Å². The number of fused-ring (bicyclic) bond motifs is 1. The van der Waals surface area contributed by atoms with E-state index in [9.17, 15) is 31.2 Å². The van der Waals surface area contributed by atoms with Crippen LogP contribution in [0.3, 0.4) is 0 Å². The number of rotatable bonds is 5. The average Bonchev–Trinajstić information content (AvgIpc) is 3.13. The minimum atomic E-state index is -4.43. The van der Waals surface area contributed by atoms with Crippen LogP contribution < -0.4 is 0 Å². The molecule has 34 heavy (non-hydrogen) atoms. The zero-order valence-electron chi connectivity index (χ0n) is 18.0. The van der Waals surface area contributed by atoms with Crippen molar-refractivity contribution in [1.29, 1.82) is 0 Å². The fraction of sp³-hybridized carbons (Fsp3) is 0.261. The van der Waals surface area contributed by atoms with E-state index in [1.54, 1.807) is 0 Å². The second-order valence-corrected chi connectivity index (χ2v) is 12.3. The number of sulfone groups is 2. The predicted molar refractivity (Wildman–Crippen MR) is 122 cm³/mol. The maximum Gasteiger partial charge on any atom is 0.339 e. The molecule has 8 nitrogen and oxygen atoms in total. The highest BCUT2D eigenvalue weighted by Crippen LogP contribution is 2.38. The van der Waals surface area contributed by atoms with Gasteiger partial charge in [-0.05, 0) is 49.1 Å². The number of benzene rings is 2. The van der Waals surface area contributed by atoms with Gasteiger partial charge >= 0.3 is 5.97 Å². The van der Waals surface area contributed by atoms with Crippen molar-refractivity contribution in [2.75, 3.05) is 12.9 Å². The number of methoxy groups -OCH3 is 1. The predicted octanol–water partition coefficient (Wildman–Crippen LogP) is 3.12. The summed E-state index contributed by atoms with van der Waals surface area (Å²) in [7, 11) is -6.82. The molecule has 0 saturated carbocycles. The number of Topliss-reactive ketones (excluding diaryl/α,β-unsaturated/α-hetero) is 2. The zero-order valence-corrected chi connectivity index (χ0v) is 20.3. The Kier molecular flexibility index (Phi) is 6.26. The van der Waals surface area contributed by atoms with Crippen LogP contribution in [0.15, 0.2) is 56.7 Å². The number of halogens is 1. The Hall–Kier alpha value is -2.82. The van der Waals surface area contributed by atoms with Gasteiger partial charge in [-0.25, -0.2) is 21.6 Å². The van der Waals surface area contributed by atoms with Crippen molar-refractivity contribution in [3.05, 3.63) is 68.6 Å². The number of esters is 1. The molecule has 0 fully saturated rings. The Morgan fingerprint density at radius 2 is 1.71 bits per heavy atom. The highest BCUT2D eigenvalue weighted by atomic mass is 35.5. The SMILES string of the molecule is COC(=O)c1ccccc1S(=O)(=O)C1=C(C(=O)c2ccc3c(c2Cl)CCS3(=O)=O)C(=O)CCC1. The van der Waals surface area contributed by atoms with E-state index in [0.717, 1.165) is 7.11 Å². The minimum absolute atomic E-state index is 0.0258. The monoisotopic (exact) mass is 522 g/mol. The summed E-state index contributed by atoms with van der Waals surface area (Å²) < 4.78 is 56.2. The summed E-state index contributed by atoms with van der Waals surface area (Å²) >= 11 is 6.38. The van der Waals surface area contributed by atoms with E-state index in [1.165, 1.54) is 36.4 Å². The summed E-state index contributed by atoms with van der Waals surface area (Å²) in [6, 6.07) is 7.84. The largest absolute Gasteiger partial charge is 0.465 e. The molecule has 0 N–H and O–H groups in total. The Morgan fingerprint density at radius 1 is 1.00 bits per heavy atom. The average molecular weight is 523 g/mol. The second-order valence-electron chi connectivity index (χ2n) is 7.87. The lowest BCUT2D eigenvalue weighted by atomic mass is 9.91. The maximum absolute atomic E-state index is 13.6. The molecule has 0 spiro atoms. The molecule has 1 heterocycles. The number of hydrogen-bond donors (Lipinski definition) is 0. The van der Waals surface area contributed by atoms with Crippen LogP contribution in [0.25, 0.3) is 0 Å². The Morgan fingerprint density at radius 3 is 2.41 bits per heavy atom. The third-order valence-corrected chi connectivity index (χ3v) is 10.1. The molecule has 0 radical (unpaired) electrons. The zero-order chi connectivity index (χ0) is 24.8. The first-order chi connectivity index (χ1) is 16.0. The van der Waals surface area contributed by atoms with Gasteiger partial charge in [0.2, 0.25) is 9.84 Å². The lowest BCUT2D eigenvalue weighted by Crippen LogP contribution is -2.24. The van der Waals surface area contributed by atoms with Crippen LogP contribution >= 0.6 is 11.6 Å². The lowest BCUT2D eigenvalue weighted by molar-refractivity contribution is -0.115. The van der Waals surface area contributed by atoms with E-state index in [2.05, 4.69) is 4.74 Å². The van der Waals surface area contributed by atoms with Crippen LogP contribution in [0.4, 0.5) is 0 Å². The van der Waals surface area contributed by atoms with Crippen molar-refractivity contribution in [3.8, 4) is 0 Å². The van der Waals surface area contributed by atoms with E-state index in [-0.39, 0.29) is 62.9 Å². The Bertz CT molecular complexity index is 1500. The third-order valence-electron chi connectivity index (χ3n) is 5.90. The van der Waals surface area contributed by atoms with Crippen LogP contribution in [0, 0.1) is 0 Å². The quantitative estimate of drug-likeness (QED) is 0.333. The van der Waals surface area contributed by atoms with E-state index in [0.29, 0.717) is 0 Å². The number of hydrogen-bond acceptors (Lipinski definition) is 8. The highest BCUT2D eigenvalue weighted by Gasteiger charge is 2.38. The number of allylic oxidation sites excluding steroid dienone is 2. The maximum atomic E-state index is 13.6. The molecule has 1 aliphatic carbocycles. The van der Waals surface area contributed by atoms with Gasteiger partial charge < -0.3 is 4.74 Å². The molecule has 0 atom stereocenters. The molecule has 178 valence electrons. The van der Waals surface area contributed by atoms with Crippen LogP contribution in [-0.2, 0) is 35.6 Å². The molecule has 11 heteroatoms. The molecule has 0 saturated heterocycles. The molecule has 2 aliphatic rings. The molecule has 0 unspecified atom stereocenters. The molecule has 2 aromatic rings. The number of carbonyl (C=O) groups is 3. The van der Waals surface area contributed by atoms with Gasteiger partial charge in [0.25, 0.3) is 0 Å². The standard InChI is InChI=1S/C23H19ClO8S2/c1-32-23(27)14-5-2-3-7-18(14)34(30,31)19-8-4-6-16(25)20(19)22(26)15-9-10-17-13(21(15)24)11-12-33(17,28)29/h2-3,5,7,9-10H,4,6,8,11-12H2,1H3. The van der Waals surface area contributed by atoms with Gasteiger partial charge in [0.05, 0.1) is 43.7 Å². The van der Waals surface area contributed by atoms with Crippen molar-refractivity contribution in [3.63, 3.8) is 0 Å². The van der Waals surface area contributed by atoms with Gasteiger partial charge in [0.15, 0.2) is 21.4 Å². The molecule has 0 amide bonds. The van der Waals surface area contributed by atoms with Crippen LogP contribution in [0.2, 0.25) is 5.02 Å². The Balaban J connectivity index is 1.91. The van der Waals surface area contributed by atoms with Crippen LogP contribution in [-0.4, -0.2) is 47.2 Å². The number of carbonyl (C=O) groups excluding carboxylic acids is 3. The van der Waals surface area contributed by atoms with Gasteiger partial charge in [0.1, 0.15) is 0 Å². The topological polar surface area (TPSA) is 129 Å². The van der Waals surface area contributed by atoms with Crippen molar-refractivity contribution >= 4 is 48.8 Å². The molecular formula is C23H19ClO8S2. The van der Waals surface area contributed by atoms with Crippen molar-refractivity contribution < 1.29 is 36.0 Å². The summed E-state index contributed by atoms with van der Waals surface area (Å²) in [6.45, 7) is 0. The van der Waals surface area contributed by atoms with Crippen molar-refractivity contribution in [2.24, 2.45) is 0 Å². The fourth-order valence-electron chi connectivity index (χ4n) is 4.23. The molecule has 1 aliphatic heterocycles. The number of ether oxygens (including phenoxy) is 1. The second kappa shape index (κ2) is 8.75. The van der Waals surface area contributed by atoms with Gasteiger partial charge in [-0.3, -0.25) is 9.59 Å². The number of ketones is 2. The van der Waals surface area contributed by atoms with E-state index in [1.807, 2.05) is 0 Å². The summed E-state index contributed by atoms with van der Waals surface area (Å²) in [5, 5.41) is -0.110. The van der Waals surface area contributed by atoms with Crippen LogP contribution in [0.1, 0.15) is 45.5 Å². The molecule has 0 aromatic heterocycles. The summed E-state index contributed by atoms with van der Waals surface area (Å²) in [5.41, 5.74) is -0.606. The van der Waals surface area contributed by atoms with Gasteiger partial charge in [-0.2, -0.15) is 0 Å². The first-order valence-electron chi connectivity index (χ1n) is 10.3. The van der Waals surface area contributed by atoms with Crippen LogP contribution in [0.5, 0.6) is 0 Å². The molecule has 4 rings (SSSR count). The molecule has 0 bridgehead atoms. The van der Waals surface area contributed by atoms with Gasteiger partial charge in [-0.1, -0.05) is 23.7 Å². The Labute approximate surface area is 201 Å². The van der Waals surface area contributed by atoms with Crippen molar-refractivity contribution in [2.45, 2.75) is 35.5 Å². The van der Waals surface area contributed by atoms with E-state index >= 15 is 0 Å². The first kappa shape index (κ1) is 24.3. The summed E-state index contributed by atoms with van der Waals surface area (Å²) in [6.07, 6.45) is 0.209. The third kappa shape index (κ3) is 3.89. The lowest BCUT2D eigenvalue weighted by Gasteiger charge is -2.20. The summed E-state index contributed by atoms with van der Waals surface area (Å²) in [4.78, 5) is 37.8.